The van der Waals surface area contributed by atoms with Crippen molar-refractivity contribution in [2.75, 3.05) is 11.9 Å². The Hall–Kier alpha value is -3.50. The second-order valence-corrected chi connectivity index (χ2v) is 10.7. The van der Waals surface area contributed by atoms with E-state index in [1.165, 1.54) is 43.8 Å². The van der Waals surface area contributed by atoms with E-state index in [-0.39, 0.29) is 0 Å². The van der Waals surface area contributed by atoms with Gasteiger partial charge in [0.15, 0.2) is 0 Å². The fourth-order valence-corrected chi connectivity index (χ4v) is 5.95. The molecule has 4 heteroatoms. The molecule has 0 N–H and O–H groups in total. The molecule has 0 amide bonds. The summed E-state index contributed by atoms with van der Waals surface area (Å²) in [5.74, 6) is 0. The van der Waals surface area contributed by atoms with Crippen LogP contribution in [0.4, 0.5) is 17.1 Å². The third kappa shape index (κ3) is 4.46. The molecule has 0 fully saturated rings. The Morgan fingerprint density at radius 3 is 2.17 bits per heavy atom. The Labute approximate surface area is 211 Å². The molecule has 0 bridgehead atoms. The number of hydrogen-bond acceptors (Lipinski definition) is 4. The standard InChI is InChI=1S/C31H31N3S/c1-18-12-22(5)31(23(6)13-18)34(7)25-9-11-27-30(17-25)35-29-16-24(8-10-26(29)33-27)32-28-15-20(3)19(2)14-21(28)4/h8-17H,1-7H3/b32-24+. The van der Waals surface area contributed by atoms with Gasteiger partial charge in [-0.05, 0) is 112 Å². The first-order valence-electron chi connectivity index (χ1n) is 12.0. The van der Waals surface area contributed by atoms with Crippen LogP contribution in [0.5, 0.6) is 0 Å². The van der Waals surface area contributed by atoms with E-state index in [2.05, 4.69) is 114 Å². The molecular formula is C31H31N3S. The zero-order chi connectivity index (χ0) is 24.9. The third-order valence-electron chi connectivity index (χ3n) is 6.77. The van der Waals surface area contributed by atoms with Crippen molar-refractivity contribution in [2.45, 2.75) is 41.5 Å². The Bertz CT molecular complexity index is 1600. The topological polar surface area (TPSA) is 28.5 Å². The molecule has 3 aromatic carbocycles. The predicted octanol–water partition coefficient (Wildman–Crippen LogP) is 8.25. The van der Waals surface area contributed by atoms with E-state index in [4.69, 9.17) is 9.98 Å². The van der Waals surface area contributed by atoms with Gasteiger partial charge in [0.25, 0.3) is 0 Å². The smallest absolute Gasteiger partial charge is 0.0811 e. The molecule has 1 aliphatic heterocycles. The number of rotatable bonds is 3. The summed E-state index contributed by atoms with van der Waals surface area (Å²) >= 11 is 1.77. The van der Waals surface area contributed by atoms with Gasteiger partial charge < -0.3 is 4.90 Å². The summed E-state index contributed by atoms with van der Waals surface area (Å²) in [6, 6.07) is 21.7. The minimum absolute atomic E-state index is 0.959. The van der Waals surface area contributed by atoms with Crippen LogP contribution in [-0.2, 0) is 0 Å². The van der Waals surface area contributed by atoms with E-state index in [1.54, 1.807) is 11.3 Å². The molecule has 5 rings (SSSR count). The summed E-state index contributed by atoms with van der Waals surface area (Å²) in [4.78, 5) is 13.3. The van der Waals surface area contributed by atoms with Gasteiger partial charge >= 0.3 is 0 Å². The van der Waals surface area contributed by atoms with Crippen LogP contribution in [0.1, 0.15) is 33.4 Å². The van der Waals surface area contributed by atoms with E-state index in [1.807, 2.05) is 0 Å². The lowest BCUT2D eigenvalue weighted by Crippen LogP contribution is -2.12. The number of anilines is 2. The molecule has 1 heterocycles. The van der Waals surface area contributed by atoms with Crippen LogP contribution < -0.4 is 10.3 Å². The molecule has 0 unspecified atom stereocenters. The van der Waals surface area contributed by atoms with Crippen molar-refractivity contribution in [2.24, 2.45) is 4.99 Å². The monoisotopic (exact) mass is 477 g/mol. The van der Waals surface area contributed by atoms with Crippen LogP contribution in [0.25, 0.3) is 20.8 Å². The van der Waals surface area contributed by atoms with Crippen LogP contribution in [-0.4, -0.2) is 12.0 Å². The third-order valence-corrected chi connectivity index (χ3v) is 7.86. The maximum absolute atomic E-state index is 4.96. The maximum Gasteiger partial charge on any atom is 0.0811 e. The van der Waals surface area contributed by atoms with Crippen LogP contribution in [0, 0.1) is 41.5 Å². The minimum Gasteiger partial charge on any atom is -0.344 e. The Kier molecular flexibility index (Phi) is 5.94. The van der Waals surface area contributed by atoms with E-state index >= 15 is 0 Å². The quantitative estimate of drug-likeness (QED) is 0.245. The van der Waals surface area contributed by atoms with Gasteiger partial charge in [-0.2, -0.15) is 0 Å². The van der Waals surface area contributed by atoms with E-state index in [9.17, 15) is 0 Å². The highest BCUT2D eigenvalue weighted by molar-refractivity contribution is 7.21. The van der Waals surface area contributed by atoms with Crippen molar-refractivity contribution >= 4 is 38.6 Å². The van der Waals surface area contributed by atoms with Gasteiger partial charge in [0.1, 0.15) is 0 Å². The first-order valence-corrected chi connectivity index (χ1v) is 12.8. The molecule has 1 aliphatic carbocycles. The van der Waals surface area contributed by atoms with Crippen molar-refractivity contribution in [1.82, 2.24) is 4.98 Å². The van der Waals surface area contributed by atoms with Gasteiger partial charge in [0.05, 0.1) is 31.8 Å². The summed E-state index contributed by atoms with van der Waals surface area (Å²) in [5, 5.41) is 0.959. The van der Waals surface area contributed by atoms with Crippen molar-refractivity contribution in [3.05, 3.63) is 99.4 Å². The number of aryl methyl sites for hydroxylation is 6. The Balaban J connectivity index is 1.59. The van der Waals surface area contributed by atoms with Gasteiger partial charge in [-0.15, -0.1) is 11.3 Å². The zero-order valence-corrected chi connectivity index (χ0v) is 22.3. The summed E-state index contributed by atoms with van der Waals surface area (Å²) in [6.07, 6.45) is 0. The van der Waals surface area contributed by atoms with Crippen molar-refractivity contribution < 1.29 is 0 Å². The van der Waals surface area contributed by atoms with Gasteiger partial charge in [-0.3, -0.25) is 0 Å². The van der Waals surface area contributed by atoms with Crippen molar-refractivity contribution in [3.63, 3.8) is 0 Å². The van der Waals surface area contributed by atoms with Gasteiger partial charge in [-0.1, -0.05) is 23.8 Å². The lowest BCUT2D eigenvalue weighted by atomic mass is 10.0. The van der Waals surface area contributed by atoms with Crippen molar-refractivity contribution in [3.8, 4) is 10.6 Å². The lowest BCUT2D eigenvalue weighted by Gasteiger charge is -2.24. The fourth-order valence-electron chi connectivity index (χ4n) is 4.92. The number of nitrogens with zero attached hydrogens (tertiary/aromatic N) is 3. The number of benzene rings is 4. The Morgan fingerprint density at radius 2 is 1.43 bits per heavy atom. The van der Waals surface area contributed by atoms with Gasteiger partial charge in [0.2, 0.25) is 0 Å². The van der Waals surface area contributed by atoms with Gasteiger partial charge in [-0.25, -0.2) is 9.98 Å². The van der Waals surface area contributed by atoms with Crippen LogP contribution >= 0.6 is 11.3 Å². The molecule has 3 aromatic rings. The summed E-state index contributed by atoms with van der Waals surface area (Å²) in [7, 11) is 2.15. The minimum atomic E-state index is 0.959. The number of fused-ring (bicyclic) bond motifs is 2. The van der Waals surface area contributed by atoms with Crippen LogP contribution in [0.15, 0.2) is 65.7 Å². The summed E-state index contributed by atoms with van der Waals surface area (Å²) in [5.41, 5.74) is 13.1. The number of aromatic nitrogens is 1. The van der Waals surface area contributed by atoms with E-state index in [0.29, 0.717) is 0 Å². The predicted molar refractivity (Wildman–Crippen MR) is 151 cm³/mol. The highest BCUT2D eigenvalue weighted by Crippen LogP contribution is 2.36. The first kappa shape index (κ1) is 23.3. The molecule has 0 atom stereocenters. The Morgan fingerprint density at radius 1 is 0.714 bits per heavy atom. The summed E-state index contributed by atoms with van der Waals surface area (Å²) in [6.45, 7) is 12.9. The second kappa shape index (κ2) is 8.94. The van der Waals surface area contributed by atoms with Crippen LogP contribution in [0.3, 0.4) is 0 Å². The molecule has 35 heavy (non-hydrogen) atoms. The maximum atomic E-state index is 4.96. The molecule has 176 valence electrons. The normalized spacial score (nSPS) is 12.0. The molecule has 0 saturated carbocycles. The van der Waals surface area contributed by atoms with E-state index in [0.717, 1.165) is 32.8 Å². The van der Waals surface area contributed by atoms with Gasteiger partial charge in [0, 0.05) is 18.4 Å². The molecule has 0 spiro atoms. The lowest BCUT2D eigenvalue weighted by molar-refractivity contribution is 1.15. The zero-order valence-electron chi connectivity index (χ0n) is 21.5. The van der Waals surface area contributed by atoms with E-state index < -0.39 is 0 Å². The second-order valence-electron chi connectivity index (χ2n) is 9.66. The van der Waals surface area contributed by atoms with Crippen molar-refractivity contribution in [1.29, 1.82) is 0 Å². The molecule has 3 nitrogen and oxygen atoms in total. The molecule has 0 radical (unpaired) electrons. The molecule has 0 saturated heterocycles. The molecule has 0 aromatic heterocycles. The fraction of sp³-hybridized carbons (Fsp3) is 0.226. The number of hydrogen-bond donors (Lipinski definition) is 0. The van der Waals surface area contributed by atoms with Crippen LogP contribution in [0.2, 0.25) is 0 Å². The SMILES string of the molecule is Cc1cc(C)c(N(C)c2ccc3nc4cc/c(=N\c5cc(C)c(C)cc5C)cc-4sc3c2)c(C)c1. The first-order chi connectivity index (χ1) is 16.7. The summed E-state index contributed by atoms with van der Waals surface area (Å²) < 4.78 is 1.17. The average Bonchev–Trinajstić information content (AvgIpc) is 2.80. The highest BCUT2D eigenvalue weighted by atomic mass is 32.1. The molecule has 2 aliphatic rings. The molecular weight excluding hydrogens is 446 g/mol. The average molecular weight is 478 g/mol. The largest absolute Gasteiger partial charge is 0.344 e. The highest BCUT2D eigenvalue weighted by Gasteiger charge is 2.13.